The first-order valence-corrected chi connectivity index (χ1v) is 9.34. The minimum Gasteiger partial charge on any atom is -0.492 e. The van der Waals surface area contributed by atoms with Crippen LogP contribution in [-0.4, -0.2) is 28.2 Å². The molecule has 144 valence electrons. The summed E-state index contributed by atoms with van der Waals surface area (Å²) in [7, 11) is 1.84. The average Bonchev–Trinajstić information content (AvgIpc) is 3.32. The third kappa shape index (κ3) is 5.37. The zero-order valence-corrected chi connectivity index (χ0v) is 16.3. The van der Waals surface area contributed by atoms with Crippen molar-refractivity contribution in [2.75, 3.05) is 6.61 Å². The largest absolute Gasteiger partial charge is 0.492 e. The van der Waals surface area contributed by atoms with Crippen molar-refractivity contribution >= 4 is 35.0 Å². The molecule has 2 aromatic rings. The highest BCUT2D eigenvalue weighted by atomic mass is 35.5. The van der Waals surface area contributed by atoms with Crippen LogP contribution in [0, 0.1) is 5.92 Å². The van der Waals surface area contributed by atoms with Crippen LogP contribution in [0.25, 0.3) is 0 Å². The lowest BCUT2D eigenvalue weighted by molar-refractivity contribution is -0.129. The van der Waals surface area contributed by atoms with Gasteiger partial charge in [0.15, 0.2) is 0 Å². The van der Waals surface area contributed by atoms with Crippen LogP contribution >= 0.6 is 23.2 Å². The molecular weight excluding hydrogens is 391 g/mol. The van der Waals surface area contributed by atoms with Crippen molar-refractivity contribution < 1.29 is 14.3 Å². The Morgan fingerprint density at radius 2 is 2.15 bits per heavy atom. The maximum absolute atomic E-state index is 12.1. The number of carbonyl (C=O) groups excluding carboxylic acids is 2. The number of benzene rings is 1. The van der Waals surface area contributed by atoms with Gasteiger partial charge in [0.2, 0.25) is 11.8 Å². The van der Waals surface area contributed by atoms with E-state index >= 15 is 0 Å². The molecule has 1 fully saturated rings. The molecule has 9 heteroatoms. The maximum atomic E-state index is 12.1. The molecule has 2 atom stereocenters. The van der Waals surface area contributed by atoms with Gasteiger partial charge in [0.1, 0.15) is 5.75 Å². The number of hydrazine groups is 1. The zero-order valence-electron chi connectivity index (χ0n) is 14.7. The summed E-state index contributed by atoms with van der Waals surface area (Å²) in [5.74, 6) is 0.122. The molecule has 0 spiro atoms. The van der Waals surface area contributed by atoms with Crippen molar-refractivity contribution in [3.63, 3.8) is 0 Å². The normalized spacial score (nSPS) is 18.0. The Balaban J connectivity index is 1.31. The highest BCUT2D eigenvalue weighted by Crippen LogP contribution is 2.47. The first-order chi connectivity index (χ1) is 12.9. The van der Waals surface area contributed by atoms with Gasteiger partial charge in [-0.1, -0.05) is 23.2 Å². The summed E-state index contributed by atoms with van der Waals surface area (Å²) in [6.07, 6.45) is 5.15. The number of ether oxygens (including phenoxy) is 1. The fourth-order valence-corrected chi connectivity index (χ4v) is 3.24. The van der Waals surface area contributed by atoms with Gasteiger partial charge >= 0.3 is 0 Å². The van der Waals surface area contributed by atoms with Gasteiger partial charge in [-0.25, -0.2) is 0 Å². The van der Waals surface area contributed by atoms with E-state index in [1.165, 1.54) is 0 Å². The summed E-state index contributed by atoms with van der Waals surface area (Å²) in [6.45, 7) is 0.328. The maximum Gasteiger partial charge on any atom is 0.242 e. The van der Waals surface area contributed by atoms with Gasteiger partial charge in [0.05, 0.1) is 17.8 Å². The van der Waals surface area contributed by atoms with E-state index in [0.717, 1.165) is 12.0 Å². The van der Waals surface area contributed by atoms with Gasteiger partial charge in [-0.3, -0.25) is 25.1 Å². The minimum atomic E-state index is -0.271. The Bertz CT molecular complexity index is 840. The SMILES string of the molecule is Cn1cc(C2CC2C(=O)NNC(=O)CCCOc2ccc(Cl)cc2Cl)cn1. The van der Waals surface area contributed by atoms with Gasteiger partial charge in [0, 0.05) is 30.6 Å². The highest BCUT2D eigenvalue weighted by Gasteiger charge is 2.44. The Kier molecular flexibility index (Phi) is 6.23. The summed E-state index contributed by atoms with van der Waals surface area (Å²) in [4.78, 5) is 23.9. The van der Waals surface area contributed by atoms with Crippen molar-refractivity contribution in [1.29, 1.82) is 0 Å². The molecule has 7 nitrogen and oxygen atoms in total. The van der Waals surface area contributed by atoms with E-state index in [0.29, 0.717) is 28.8 Å². The van der Waals surface area contributed by atoms with Crippen LogP contribution in [-0.2, 0) is 16.6 Å². The predicted octanol–water partition coefficient (Wildman–Crippen LogP) is 2.84. The zero-order chi connectivity index (χ0) is 19.4. The monoisotopic (exact) mass is 410 g/mol. The van der Waals surface area contributed by atoms with Crippen molar-refractivity contribution in [1.82, 2.24) is 20.6 Å². The standard InChI is InChI=1S/C18H20Cl2N4O3/c1-24-10-11(9-21-24)13-8-14(13)18(26)23-22-17(25)3-2-6-27-16-5-4-12(19)7-15(16)20/h4-5,7,9-10,13-14H,2-3,6,8H2,1H3,(H,22,25)(H,23,26). The number of aromatic nitrogens is 2. The molecule has 1 aliphatic rings. The number of carbonyl (C=O) groups is 2. The molecule has 1 aliphatic carbocycles. The molecule has 0 radical (unpaired) electrons. The van der Waals surface area contributed by atoms with Crippen LogP contribution < -0.4 is 15.6 Å². The minimum absolute atomic E-state index is 0.120. The average molecular weight is 411 g/mol. The summed E-state index contributed by atoms with van der Waals surface area (Å²) in [6, 6.07) is 4.96. The van der Waals surface area contributed by atoms with Crippen molar-refractivity contribution in [2.24, 2.45) is 13.0 Å². The number of hydrogen-bond donors (Lipinski definition) is 2. The quantitative estimate of drug-likeness (QED) is 0.542. The van der Waals surface area contributed by atoms with Crippen molar-refractivity contribution in [3.8, 4) is 5.75 Å². The van der Waals surface area contributed by atoms with Crippen LogP contribution in [0.15, 0.2) is 30.6 Å². The molecule has 2 amide bonds. The van der Waals surface area contributed by atoms with Crippen LogP contribution in [0.2, 0.25) is 10.0 Å². The van der Waals surface area contributed by atoms with Crippen molar-refractivity contribution in [2.45, 2.75) is 25.2 Å². The summed E-state index contributed by atoms with van der Waals surface area (Å²) >= 11 is 11.8. The van der Waals surface area contributed by atoms with Crippen LogP contribution in [0.3, 0.4) is 0 Å². The van der Waals surface area contributed by atoms with E-state index < -0.39 is 0 Å². The van der Waals surface area contributed by atoms with Crippen LogP contribution in [0.4, 0.5) is 0 Å². The highest BCUT2D eigenvalue weighted by molar-refractivity contribution is 6.35. The Hall–Kier alpha value is -2.25. The number of amides is 2. The lowest BCUT2D eigenvalue weighted by Crippen LogP contribution is -2.42. The Morgan fingerprint density at radius 1 is 1.33 bits per heavy atom. The third-order valence-corrected chi connectivity index (χ3v) is 4.84. The van der Waals surface area contributed by atoms with Gasteiger partial charge in [0.25, 0.3) is 0 Å². The van der Waals surface area contributed by atoms with Crippen molar-refractivity contribution in [3.05, 3.63) is 46.2 Å². The number of halogens is 2. The first kappa shape index (κ1) is 19.5. The molecular formula is C18H20Cl2N4O3. The molecule has 3 rings (SSSR count). The van der Waals surface area contributed by atoms with E-state index in [4.69, 9.17) is 27.9 Å². The molecule has 2 unspecified atom stereocenters. The fourth-order valence-electron chi connectivity index (χ4n) is 2.78. The summed E-state index contributed by atoms with van der Waals surface area (Å²) < 4.78 is 7.23. The van der Waals surface area contributed by atoms with Gasteiger partial charge < -0.3 is 4.74 Å². The molecule has 1 aromatic heterocycles. The second-order valence-corrected chi connectivity index (χ2v) is 7.30. The smallest absolute Gasteiger partial charge is 0.242 e. The second kappa shape index (κ2) is 8.63. The molecule has 27 heavy (non-hydrogen) atoms. The van der Waals surface area contributed by atoms with Gasteiger partial charge in [-0.05, 0) is 42.5 Å². The molecule has 1 aromatic carbocycles. The number of nitrogens with one attached hydrogen (secondary N) is 2. The third-order valence-electron chi connectivity index (χ3n) is 4.30. The van der Waals surface area contributed by atoms with Crippen LogP contribution in [0.5, 0.6) is 5.75 Å². The number of nitrogens with zero attached hydrogens (tertiary/aromatic N) is 2. The lowest BCUT2D eigenvalue weighted by Gasteiger charge is -2.09. The van der Waals surface area contributed by atoms with Gasteiger partial charge in [-0.2, -0.15) is 5.10 Å². The number of aryl methyl sites for hydroxylation is 1. The molecule has 1 saturated carbocycles. The second-order valence-electron chi connectivity index (χ2n) is 6.46. The number of rotatable bonds is 7. The summed E-state index contributed by atoms with van der Waals surface area (Å²) in [5, 5.41) is 5.06. The van der Waals surface area contributed by atoms with E-state index in [1.54, 1.807) is 29.1 Å². The fraction of sp³-hybridized carbons (Fsp3) is 0.389. The topological polar surface area (TPSA) is 85.2 Å². The predicted molar refractivity (Wildman–Crippen MR) is 102 cm³/mol. The Labute approximate surface area is 166 Å². The molecule has 1 heterocycles. The molecule has 0 bridgehead atoms. The molecule has 0 saturated heterocycles. The molecule has 2 N–H and O–H groups in total. The Morgan fingerprint density at radius 3 is 2.85 bits per heavy atom. The van der Waals surface area contributed by atoms with E-state index in [-0.39, 0.29) is 30.1 Å². The number of hydrogen-bond acceptors (Lipinski definition) is 4. The summed E-state index contributed by atoms with van der Waals surface area (Å²) in [5.41, 5.74) is 5.97. The van der Waals surface area contributed by atoms with E-state index in [9.17, 15) is 9.59 Å². The first-order valence-electron chi connectivity index (χ1n) is 8.59. The van der Waals surface area contributed by atoms with Crippen LogP contribution in [0.1, 0.15) is 30.7 Å². The van der Waals surface area contributed by atoms with Gasteiger partial charge in [-0.15, -0.1) is 0 Å². The lowest BCUT2D eigenvalue weighted by atomic mass is 10.2. The van der Waals surface area contributed by atoms with E-state index in [2.05, 4.69) is 16.0 Å². The van der Waals surface area contributed by atoms with E-state index in [1.807, 2.05) is 13.2 Å². The molecule has 0 aliphatic heterocycles.